The topological polar surface area (TPSA) is 29.3 Å². The van der Waals surface area contributed by atoms with Gasteiger partial charge >= 0.3 is 0 Å². The van der Waals surface area contributed by atoms with Crippen molar-refractivity contribution in [3.8, 4) is 0 Å². The van der Waals surface area contributed by atoms with Crippen molar-refractivity contribution in [2.45, 2.75) is 64.2 Å². The summed E-state index contributed by atoms with van der Waals surface area (Å²) < 4.78 is 0. The molecule has 1 saturated carbocycles. The van der Waals surface area contributed by atoms with Gasteiger partial charge in [0, 0.05) is 24.7 Å². The van der Waals surface area contributed by atoms with Gasteiger partial charge in [-0.05, 0) is 56.9 Å². The third-order valence-corrected chi connectivity index (χ3v) is 5.64. The number of piperidine rings is 1. The first-order valence-electron chi connectivity index (χ1n) is 8.20. The Bertz CT molecular complexity index is 430. The highest BCUT2D eigenvalue weighted by Gasteiger charge is 2.41. The molecule has 3 rings (SSSR count). The molecule has 0 radical (unpaired) electrons. The van der Waals surface area contributed by atoms with E-state index in [1.54, 1.807) is 0 Å². The third kappa shape index (κ3) is 2.77. The quantitative estimate of drug-likeness (QED) is 0.894. The van der Waals surface area contributed by atoms with Crippen LogP contribution in [-0.2, 0) is 6.54 Å². The van der Waals surface area contributed by atoms with E-state index in [1.807, 2.05) is 0 Å². The molecule has 2 nitrogen and oxygen atoms in total. The zero-order valence-corrected chi connectivity index (χ0v) is 12.8. The molecule has 3 unspecified atom stereocenters. The van der Waals surface area contributed by atoms with Crippen molar-refractivity contribution >= 4 is 0 Å². The summed E-state index contributed by atoms with van der Waals surface area (Å²) in [5, 5.41) is 0. The maximum Gasteiger partial charge on any atom is 0.0239 e. The molecule has 0 amide bonds. The van der Waals surface area contributed by atoms with Crippen LogP contribution in [0.2, 0.25) is 0 Å². The van der Waals surface area contributed by atoms with Crippen LogP contribution in [0, 0.1) is 11.8 Å². The van der Waals surface area contributed by atoms with Crippen LogP contribution in [0.4, 0.5) is 0 Å². The molecule has 1 heterocycles. The van der Waals surface area contributed by atoms with E-state index >= 15 is 0 Å². The van der Waals surface area contributed by atoms with Crippen LogP contribution >= 0.6 is 0 Å². The van der Waals surface area contributed by atoms with E-state index in [2.05, 4.69) is 49.1 Å². The Kier molecular flexibility index (Phi) is 4.13. The predicted molar refractivity (Wildman–Crippen MR) is 84.3 cm³/mol. The van der Waals surface area contributed by atoms with Gasteiger partial charge in [0.25, 0.3) is 0 Å². The number of benzene rings is 1. The lowest BCUT2D eigenvalue weighted by atomic mass is 9.68. The summed E-state index contributed by atoms with van der Waals surface area (Å²) >= 11 is 0. The van der Waals surface area contributed by atoms with Gasteiger partial charge in [0.15, 0.2) is 0 Å². The fourth-order valence-electron chi connectivity index (χ4n) is 4.54. The highest BCUT2D eigenvalue weighted by Crippen LogP contribution is 2.42. The fourth-order valence-corrected chi connectivity index (χ4v) is 4.54. The predicted octanol–water partition coefficient (Wildman–Crippen LogP) is 3.41. The molecule has 0 bridgehead atoms. The van der Waals surface area contributed by atoms with Gasteiger partial charge in [-0.15, -0.1) is 0 Å². The summed E-state index contributed by atoms with van der Waals surface area (Å²) in [4.78, 5) is 2.72. The molecule has 1 aliphatic heterocycles. The summed E-state index contributed by atoms with van der Waals surface area (Å²) in [6, 6.07) is 12.7. The first kappa shape index (κ1) is 14.1. The average molecular weight is 272 g/mol. The smallest absolute Gasteiger partial charge is 0.0239 e. The average Bonchev–Trinajstić information content (AvgIpc) is 2.44. The van der Waals surface area contributed by atoms with E-state index in [0.29, 0.717) is 18.1 Å². The van der Waals surface area contributed by atoms with Crippen molar-refractivity contribution in [1.29, 1.82) is 0 Å². The lowest BCUT2D eigenvalue weighted by molar-refractivity contribution is -0.0125. The first-order valence-corrected chi connectivity index (χ1v) is 8.20. The monoisotopic (exact) mass is 272 g/mol. The van der Waals surface area contributed by atoms with E-state index in [1.165, 1.54) is 31.2 Å². The van der Waals surface area contributed by atoms with Gasteiger partial charge in [-0.3, -0.25) is 4.90 Å². The normalized spacial score (nSPS) is 38.5. The maximum atomic E-state index is 6.18. The summed E-state index contributed by atoms with van der Waals surface area (Å²) in [7, 11) is 0. The van der Waals surface area contributed by atoms with Crippen molar-refractivity contribution < 1.29 is 0 Å². The van der Waals surface area contributed by atoms with Gasteiger partial charge in [0.1, 0.15) is 0 Å². The van der Waals surface area contributed by atoms with Crippen LogP contribution in [-0.4, -0.2) is 23.0 Å². The van der Waals surface area contributed by atoms with Crippen LogP contribution in [0.5, 0.6) is 0 Å². The molecule has 2 heteroatoms. The van der Waals surface area contributed by atoms with Crippen LogP contribution < -0.4 is 5.73 Å². The van der Waals surface area contributed by atoms with Gasteiger partial charge in [-0.1, -0.05) is 30.3 Å². The largest absolute Gasteiger partial charge is 0.328 e. The van der Waals surface area contributed by atoms with E-state index in [4.69, 9.17) is 5.73 Å². The molecule has 0 aromatic heterocycles. The van der Waals surface area contributed by atoms with Crippen molar-refractivity contribution in [2.24, 2.45) is 17.6 Å². The molecule has 1 aliphatic carbocycles. The number of nitrogens with two attached hydrogens (primary N) is 1. The minimum atomic E-state index is 0.455. The molecule has 2 aliphatic rings. The molecular formula is C18H28N2. The van der Waals surface area contributed by atoms with E-state index in [0.717, 1.165) is 18.4 Å². The number of hydrogen-bond acceptors (Lipinski definition) is 2. The van der Waals surface area contributed by atoms with E-state index in [-0.39, 0.29) is 0 Å². The number of rotatable bonds is 2. The lowest BCUT2D eigenvalue weighted by Gasteiger charge is -2.51. The van der Waals surface area contributed by atoms with Crippen molar-refractivity contribution in [1.82, 2.24) is 4.90 Å². The molecule has 1 saturated heterocycles. The maximum absolute atomic E-state index is 6.18. The first-order chi connectivity index (χ1) is 9.65. The Balaban J connectivity index is 1.72. The summed E-state index contributed by atoms with van der Waals surface area (Å²) in [6.45, 7) is 5.93. The Morgan fingerprint density at radius 3 is 2.60 bits per heavy atom. The molecule has 2 fully saturated rings. The summed E-state index contributed by atoms with van der Waals surface area (Å²) in [5.74, 6) is 1.71. The fraction of sp³-hybridized carbons (Fsp3) is 0.667. The number of nitrogens with zero attached hydrogens (tertiary/aromatic N) is 1. The second kappa shape index (κ2) is 5.87. The van der Waals surface area contributed by atoms with Crippen molar-refractivity contribution in [3.05, 3.63) is 35.9 Å². The third-order valence-electron chi connectivity index (χ3n) is 5.64. The van der Waals surface area contributed by atoms with E-state index < -0.39 is 0 Å². The highest BCUT2D eigenvalue weighted by atomic mass is 15.2. The van der Waals surface area contributed by atoms with Crippen LogP contribution in [0.3, 0.4) is 0 Å². The van der Waals surface area contributed by atoms with Gasteiger partial charge in [-0.2, -0.15) is 0 Å². The van der Waals surface area contributed by atoms with E-state index in [9.17, 15) is 0 Å². The van der Waals surface area contributed by atoms with Gasteiger partial charge in [0.2, 0.25) is 0 Å². The van der Waals surface area contributed by atoms with Gasteiger partial charge in [-0.25, -0.2) is 0 Å². The van der Waals surface area contributed by atoms with Crippen LogP contribution in [0.15, 0.2) is 30.3 Å². The Hall–Kier alpha value is -0.860. The molecule has 2 N–H and O–H groups in total. The minimum absolute atomic E-state index is 0.455. The molecule has 20 heavy (non-hydrogen) atoms. The second-order valence-corrected chi connectivity index (χ2v) is 6.98. The zero-order chi connectivity index (χ0) is 14.1. The van der Waals surface area contributed by atoms with Gasteiger partial charge in [0.05, 0.1) is 0 Å². The zero-order valence-electron chi connectivity index (χ0n) is 12.8. The summed E-state index contributed by atoms with van der Waals surface area (Å²) in [6.07, 6.45) is 5.12. The molecule has 0 spiro atoms. The standard InChI is InChI=1S/C18H28N2/c1-13-10-16-11-17(19)8-9-18(16)14(2)20(13)12-15-6-4-3-5-7-15/h3-7,13-14,16-18H,8-12,19H2,1-2H3/t13-,14+,16?,17?,18?/m1/s1. The molecule has 5 atom stereocenters. The Morgan fingerprint density at radius 2 is 1.85 bits per heavy atom. The number of fused-ring (bicyclic) bond motifs is 1. The van der Waals surface area contributed by atoms with Crippen molar-refractivity contribution in [2.75, 3.05) is 0 Å². The second-order valence-electron chi connectivity index (χ2n) is 6.98. The SMILES string of the molecule is C[C@@H]1CC2CC(N)CCC2[C@H](C)N1Cc1ccccc1. The Labute approximate surface area is 123 Å². The minimum Gasteiger partial charge on any atom is -0.328 e. The molecular weight excluding hydrogens is 244 g/mol. The number of likely N-dealkylation sites (tertiary alicyclic amines) is 1. The lowest BCUT2D eigenvalue weighted by Crippen LogP contribution is -2.54. The van der Waals surface area contributed by atoms with Crippen molar-refractivity contribution in [3.63, 3.8) is 0 Å². The van der Waals surface area contributed by atoms with Crippen LogP contribution in [0.1, 0.15) is 45.1 Å². The number of hydrogen-bond donors (Lipinski definition) is 1. The van der Waals surface area contributed by atoms with Crippen LogP contribution in [0.25, 0.3) is 0 Å². The highest BCUT2D eigenvalue weighted by molar-refractivity contribution is 5.15. The molecule has 110 valence electrons. The molecule has 1 aromatic carbocycles. The van der Waals surface area contributed by atoms with Gasteiger partial charge < -0.3 is 5.73 Å². The molecule has 1 aromatic rings. The summed E-state index contributed by atoms with van der Waals surface area (Å²) in [5.41, 5.74) is 7.62. The Morgan fingerprint density at radius 1 is 1.10 bits per heavy atom.